The molecule has 0 saturated carbocycles. The third kappa shape index (κ3) is 18.1. The van der Waals surface area contributed by atoms with Gasteiger partial charge in [0.1, 0.15) is 95.5 Å². The first-order chi connectivity index (χ1) is 54.6. The number of aromatic hydroxyl groups is 3. The number of rotatable bonds is 16. The van der Waals surface area contributed by atoms with Crippen LogP contribution in [0.3, 0.4) is 0 Å². The van der Waals surface area contributed by atoms with Gasteiger partial charge < -0.3 is 134 Å². The van der Waals surface area contributed by atoms with Crippen molar-refractivity contribution >= 4 is 92.8 Å². The average molecular weight is 1630 g/mol. The van der Waals surface area contributed by atoms with Crippen LogP contribution in [0.4, 0.5) is 5.69 Å². The fraction of sp³-hybridized carbons (Fsp3) is 0.372. The topological polar surface area (TPSA) is 551 Å². The lowest BCUT2D eigenvalue weighted by molar-refractivity contribution is -0.333. The van der Waals surface area contributed by atoms with Gasteiger partial charge in [-0.1, -0.05) is 91.6 Å². The number of fused-ring (bicyclic) bond motifs is 16. The summed E-state index contributed by atoms with van der Waals surface area (Å²) in [5.41, 5.74) is 8.54. The van der Waals surface area contributed by atoms with Crippen molar-refractivity contribution < 1.29 is 118 Å². The molecule has 14 rings (SSSR count). The number of ether oxygens (including phenoxy) is 6. The number of carbonyl (C=O) groups is 9. The SMILES string of the molecule is CNC(CC(C)C)C(=O)NC1C(=O)NC(CC(N)=O)C(=O)NC2C(=O)NC3C(=O)NC(C(=O)NC(C(=O)NCC(=O)Nc4cccc5ccccc45)c4cc(O)cc(O)c4-c4cc3ccc4O)C(O)c3ccc(c(Cl)c3)Oc3cc2cc(c3OC2OC(CO)C(O)C(O)C2OC2CC(C)(N)C(O)C(C)O2)Oc2ccc(cc2Cl)C1O. The van der Waals surface area contributed by atoms with Gasteiger partial charge in [0, 0.05) is 40.2 Å². The second kappa shape index (κ2) is 34.6. The molecule has 7 heterocycles. The molecule has 7 aliphatic heterocycles. The predicted octanol–water partition coefficient (Wildman–Crippen LogP) is 1.93. The summed E-state index contributed by atoms with van der Waals surface area (Å²) in [4.78, 5) is 134. The number of anilines is 1. The number of phenols is 3. The number of halogens is 2. The number of hydrogen-bond acceptors (Lipinski definition) is 26. The number of aliphatic hydroxyl groups is 6. The van der Waals surface area contributed by atoms with Crippen molar-refractivity contribution in [3.05, 3.63) is 159 Å². The molecule has 2 fully saturated rings. The van der Waals surface area contributed by atoms with Crippen LogP contribution in [0.15, 0.2) is 121 Å². The van der Waals surface area contributed by atoms with Crippen LogP contribution in [-0.4, -0.2) is 198 Å². The van der Waals surface area contributed by atoms with Gasteiger partial charge in [0.25, 0.3) is 0 Å². The van der Waals surface area contributed by atoms with E-state index in [0.29, 0.717) is 11.1 Å². The van der Waals surface area contributed by atoms with E-state index in [1.807, 2.05) is 26.0 Å². The Kier molecular flexibility index (Phi) is 25.1. The second-order valence-corrected chi connectivity index (χ2v) is 30.0. The lowest BCUT2D eigenvalue weighted by Crippen LogP contribution is -2.64. The van der Waals surface area contributed by atoms with E-state index in [9.17, 15) is 69.9 Å². The number of nitrogens with two attached hydrogens (primary N) is 2. The zero-order valence-electron chi connectivity index (χ0n) is 62.0. The van der Waals surface area contributed by atoms with E-state index in [-0.39, 0.29) is 46.2 Å². The summed E-state index contributed by atoms with van der Waals surface area (Å²) in [5.74, 6) is -16.2. The molecule has 37 heteroatoms. The molecule has 18 atom stereocenters. The molecule has 2 saturated heterocycles. The number of carbonyl (C=O) groups excluding carboxylic acids is 9. The van der Waals surface area contributed by atoms with Crippen LogP contribution in [0.2, 0.25) is 10.0 Å². The molecule has 0 aliphatic carbocycles. The number of phenolic OH excluding ortho intramolecular Hbond substituents is 3. The summed E-state index contributed by atoms with van der Waals surface area (Å²) in [6.45, 7) is 4.86. The second-order valence-electron chi connectivity index (χ2n) is 29.2. The number of nitrogens with one attached hydrogen (secondary N) is 9. The maximum absolute atomic E-state index is 16.3. The van der Waals surface area contributed by atoms with Gasteiger partial charge in [-0.2, -0.15) is 0 Å². The first kappa shape index (κ1) is 83.4. The van der Waals surface area contributed by atoms with Crippen LogP contribution in [0.25, 0.3) is 21.9 Å². The Morgan fingerprint density at radius 2 is 1.32 bits per heavy atom. The monoisotopic (exact) mass is 1630 g/mol. The zero-order chi connectivity index (χ0) is 82.9. The highest BCUT2D eigenvalue weighted by Crippen LogP contribution is 2.50. The van der Waals surface area contributed by atoms with Gasteiger partial charge in [-0.3, -0.25) is 43.2 Å². The van der Waals surface area contributed by atoms with Crippen molar-refractivity contribution in [3.8, 4) is 57.1 Å². The van der Waals surface area contributed by atoms with Gasteiger partial charge in [-0.25, -0.2) is 0 Å². The Hall–Kier alpha value is -11.0. The number of aliphatic hydroxyl groups excluding tert-OH is 6. The van der Waals surface area contributed by atoms with Gasteiger partial charge in [0.15, 0.2) is 23.9 Å². The summed E-state index contributed by atoms with van der Waals surface area (Å²) in [6, 6.07) is 11.7. The number of benzene rings is 7. The zero-order valence-corrected chi connectivity index (χ0v) is 63.5. The van der Waals surface area contributed by atoms with Crippen molar-refractivity contribution in [2.24, 2.45) is 17.4 Å². The van der Waals surface area contributed by atoms with Crippen molar-refractivity contribution in [2.75, 3.05) is 25.5 Å². The molecule has 7 aromatic carbocycles. The van der Waals surface area contributed by atoms with Crippen LogP contribution >= 0.6 is 23.2 Å². The lowest BCUT2D eigenvalue weighted by Gasteiger charge is -2.47. The van der Waals surface area contributed by atoms with Crippen molar-refractivity contribution in [1.82, 2.24) is 42.5 Å². The molecule has 35 nitrogen and oxygen atoms in total. The molecule has 7 aliphatic rings. The number of likely N-dealkylation sites (N-methyl/N-ethyl adjacent to an activating group) is 1. The molecule has 9 amide bonds. The molecular weight excluding hydrogens is 1550 g/mol. The lowest BCUT2D eigenvalue weighted by atomic mass is 9.86. The number of amides is 9. The maximum atomic E-state index is 16.3. The first-order valence-corrected chi connectivity index (χ1v) is 37.1. The quantitative estimate of drug-likeness (QED) is 0.0657. The Balaban J connectivity index is 1.05. The van der Waals surface area contributed by atoms with Crippen LogP contribution in [-0.2, 0) is 57.4 Å². The van der Waals surface area contributed by atoms with E-state index < -0.39 is 250 Å². The Morgan fingerprint density at radius 3 is 1.97 bits per heavy atom. The van der Waals surface area contributed by atoms with Gasteiger partial charge in [0.05, 0.1) is 47.9 Å². The summed E-state index contributed by atoms with van der Waals surface area (Å²) >= 11 is 14.3. The van der Waals surface area contributed by atoms with E-state index in [2.05, 4.69) is 47.9 Å². The average Bonchev–Trinajstić information content (AvgIpc) is 0.765. The summed E-state index contributed by atoms with van der Waals surface area (Å²) in [7, 11) is 1.47. The first-order valence-electron chi connectivity index (χ1n) is 36.4. The smallest absolute Gasteiger partial charge is 0.248 e. The fourth-order valence-corrected chi connectivity index (χ4v) is 14.8. The molecule has 7 aromatic rings. The Morgan fingerprint density at radius 1 is 0.687 bits per heavy atom. The molecular formula is C78H85Cl2N11O24. The van der Waals surface area contributed by atoms with Crippen molar-refractivity contribution in [1.29, 1.82) is 0 Å². The highest BCUT2D eigenvalue weighted by atomic mass is 35.5. The van der Waals surface area contributed by atoms with Gasteiger partial charge in [-0.15, -0.1) is 0 Å². The molecule has 22 N–H and O–H groups in total. The normalized spacial score (nSPS) is 27.2. The van der Waals surface area contributed by atoms with Crippen molar-refractivity contribution in [3.63, 3.8) is 0 Å². The fourth-order valence-electron chi connectivity index (χ4n) is 14.3. The van der Waals surface area contributed by atoms with Crippen LogP contribution in [0, 0.1) is 5.92 Å². The molecule has 610 valence electrons. The summed E-state index contributed by atoms with van der Waals surface area (Å²) in [5, 5.41) is 129. The van der Waals surface area contributed by atoms with E-state index in [1.54, 1.807) is 30.3 Å². The Bertz CT molecular complexity index is 4960. The molecule has 18 unspecified atom stereocenters. The predicted molar refractivity (Wildman–Crippen MR) is 407 cm³/mol. The molecule has 0 spiro atoms. The molecule has 115 heavy (non-hydrogen) atoms. The Labute approximate surface area is 665 Å². The number of hydrogen-bond donors (Lipinski definition) is 20. The third-order valence-corrected chi connectivity index (χ3v) is 20.9. The van der Waals surface area contributed by atoms with Crippen LogP contribution in [0.5, 0.6) is 46.0 Å². The van der Waals surface area contributed by atoms with E-state index in [1.165, 1.54) is 33.0 Å². The largest absolute Gasteiger partial charge is 0.508 e. The molecule has 0 radical (unpaired) electrons. The van der Waals surface area contributed by atoms with Crippen LogP contribution in [0.1, 0.15) is 105 Å². The van der Waals surface area contributed by atoms with Gasteiger partial charge in [-0.05, 0) is 127 Å². The highest BCUT2D eigenvalue weighted by molar-refractivity contribution is 6.32. The van der Waals surface area contributed by atoms with Gasteiger partial charge >= 0.3 is 0 Å². The standard InChI is InChI=1S/C78H85Cl2N11O24/c1-31(2)19-45(83-5)70(103)90-61-63(98)35-14-17-49(42(79)21-35)111-51-23-37-24-52(67(51)115-77-68(66(101)65(100)53(30-92)113-77)114-56-28-78(4,82)69(102)32(3)110-56)112-50-18-15-36(22-43(50)80)64(99)62-76(109)89-60(72(105)84-29-55(97)85-44-12-8-10-33-9-6-7-11-39(33)44)41-25-38(93)26-48(95)57(41)40-20-34(13-16-47(40)94)58(73(106)91-62)88-74(107)59(37)87-71(104)46(27-54(81)96)86-75(61)108/h6-18,20-26,31-32,45-46,53,56,58-66,68-69,77,83,92-95,98-102H,19,27-30,82H2,1-5H3,(H2,81,96)(H,84,105)(H,85,97)(H,86,108)(H,87,104)(H,88,107)(H,89,109)(H,90,103)(H,91,106). The third-order valence-electron chi connectivity index (χ3n) is 20.3. The van der Waals surface area contributed by atoms with E-state index in [0.717, 1.165) is 72.1 Å². The van der Waals surface area contributed by atoms with Gasteiger partial charge in [0.2, 0.25) is 65.2 Å². The van der Waals surface area contributed by atoms with E-state index >= 15 is 19.2 Å². The molecule has 11 bridgehead atoms. The minimum Gasteiger partial charge on any atom is -0.508 e. The van der Waals surface area contributed by atoms with Crippen molar-refractivity contribution in [2.45, 2.75) is 156 Å². The minimum atomic E-state index is -2.37. The summed E-state index contributed by atoms with van der Waals surface area (Å²) < 4.78 is 38.6. The van der Waals surface area contributed by atoms with E-state index in [4.69, 9.17) is 63.1 Å². The van der Waals surface area contributed by atoms with Crippen LogP contribution < -0.4 is 73.5 Å². The summed E-state index contributed by atoms with van der Waals surface area (Å²) in [6.07, 6.45) is -18.8. The maximum Gasteiger partial charge on any atom is 0.248 e. The highest BCUT2D eigenvalue weighted by Gasteiger charge is 2.52. The minimum absolute atomic E-state index is 0.108. The number of primary amides is 1. The molecule has 0 aromatic heterocycles.